The Kier molecular flexibility index (Phi) is 4.71. The first-order valence-corrected chi connectivity index (χ1v) is 9.39. The number of aromatic nitrogens is 3. The molecule has 1 aliphatic rings. The van der Waals surface area contributed by atoms with Crippen molar-refractivity contribution in [1.29, 1.82) is 0 Å². The van der Waals surface area contributed by atoms with E-state index in [1.54, 1.807) is 18.2 Å². The van der Waals surface area contributed by atoms with E-state index in [9.17, 15) is 4.39 Å². The molecule has 1 N–H and O–H groups in total. The zero-order valence-corrected chi connectivity index (χ0v) is 15.0. The summed E-state index contributed by atoms with van der Waals surface area (Å²) in [5.74, 6) is 0.907. The van der Waals surface area contributed by atoms with Gasteiger partial charge >= 0.3 is 0 Å². The van der Waals surface area contributed by atoms with E-state index >= 15 is 0 Å². The SMILES string of the molecule is CCCSc1nnc2c(n1)O[C@H](c1ccccc1F)Nc1ccccc1-2. The maximum absolute atomic E-state index is 14.3. The predicted molar refractivity (Wildman–Crippen MR) is 99.7 cm³/mol. The van der Waals surface area contributed by atoms with E-state index in [2.05, 4.69) is 27.4 Å². The molecule has 4 rings (SSSR count). The van der Waals surface area contributed by atoms with Gasteiger partial charge in [-0.3, -0.25) is 0 Å². The van der Waals surface area contributed by atoms with Gasteiger partial charge in [0.15, 0.2) is 5.69 Å². The van der Waals surface area contributed by atoms with Gasteiger partial charge in [-0.05, 0) is 18.6 Å². The smallest absolute Gasteiger partial charge is 0.247 e. The van der Waals surface area contributed by atoms with Gasteiger partial charge in [-0.2, -0.15) is 4.98 Å². The molecular weight excluding hydrogens is 351 g/mol. The molecule has 0 fully saturated rings. The fraction of sp³-hybridized carbons (Fsp3) is 0.211. The normalized spacial score (nSPS) is 15.2. The highest BCUT2D eigenvalue weighted by atomic mass is 32.2. The lowest BCUT2D eigenvalue weighted by atomic mass is 10.1. The van der Waals surface area contributed by atoms with Gasteiger partial charge in [0.1, 0.15) is 5.82 Å². The standard InChI is InChI=1S/C19H17FN4OS/c1-2-11-26-19-22-18-16(23-24-19)13-8-4-6-10-15(13)21-17(25-18)12-7-3-5-9-14(12)20/h3-10,17,21H,2,11H2,1H3/t17-/m1/s1. The van der Waals surface area contributed by atoms with Crippen LogP contribution in [0.1, 0.15) is 25.1 Å². The molecule has 132 valence electrons. The second-order valence-corrected chi connectivity index (χ2v) is 6.87. The number of hydrogen-bond acceptors (Lipinski definition) is 6. The summed E-state index contributed by atoms with van der Waals surface area (Å²) in [6, 6.07) is 14.2. The average molecular weight is 368 g/mol. The van der Waals surface area contributed by atoms with Crippen molar-refractivity contribution in [1.82, 2.24) is 15.2 Å². The molecule has 26 heavy (non-hydrogen) atoms. The Morgan fingerprint density at radius 3 is 2.77 bits per heavy atom. The summed E-state index contributed by atoms with van der Waals surface area (Å²) >= 11 is 1.52. The van der Waals surface area contributed by atoms with Gasteiger partial charge in [-0.15, -0.1) is 10.2 Å². The summed E-state index contributed by atoms with van der Waals surface area (Å²) in [5.41, 5.74) is 2.59. The maximum atomic E-state index is 14.3. The summed E-state index contributed by atoms with van der Waals surface area (Å²) in [7, 11) is 0. The molecule has 0 saturated heterocycles. The third kappa shape index (κ3) is 3.22. The molecule has 0 radical (unpaired) electrons. The van der Waals surface area contributed by atoms with E-state index in [1.807, 2.05) is 24.3 Å². The van der Waals surface area contributed by atoms with Gasteiger partial charge in [0, 0.05) is 22.6 Å². The van der Waals surface area contributed by atoms with Crippen molar-refractivity contribution < 1.29 is 9.13 Å². The summed E-state index contributed by atoms with van der Waals surface area (Å²) in [6.07, 6.45) is 0.299. The maximum Gasteiger partial charge on any atom is 0.247 e. The van der Waals surface area contributed by atoms with E-state index in [4.69, 9.17) is 4.74 Å². The molecule has 1 aromatic heterocycles. The minimum absolute atomic E-state index is 0.339. The molecule has 0 amide bonds. The van der Waals surface area contributed by atoms with Crippen LogP contribution in [0.15, 0.2) is 53.7 Å². The van der Waals surface area contributed by atoms with E-state index in [-0.39, 0.29) is 5.82 Å². The Morgan fingerprint density at radius 2 is 1.92 bits per heavy atom. The van der Waals surface area contributed by atoms with Crippen molar-refractivity contribution >= 4 is 17.4 Å². The van der Waals surface area contributed by atoms with Gasteiger partial charge in [0.05, 0.1) is 0 Å². The molecule has 0 bridgehead atoms. The largest absolute Gasteiger partial charge is 0.448 e. The van der Waals surface area contributed by atoms with Crippen molar-refractivity contribution in [3.63, 3.8) is 0 Å². The van der Waals surface area contributed by atoms with Crippen LogP contribution in [0.4, 0.5) is 10.1 Å². The van der Waals surface area contributed by atoms with Crippen molar-refractivity contribution in [2.24, 2.45) is 0 Å². The highest BCUT2D eigenvalue weighted by Crippen LogP contribution is 2.39. The first-order valence-electron chi connectivity index (χ1n) is 8.41. The number of nitrogens with zero attached hydrogens (tertiary/aromatic N) is 3. The predicted octanol–water partition coefficient (Wildman–Crippen LogP) is 4.68. The van der Waals surface area contributed by atoms with E-state index in [0.29, 0.717) is 22.3 Å². The minimum Gasteiger partial charge on any atom is -0.448 e. The Labute approximate surface area is 155 Å². The number of thioether (sulfide) groups is 1. The highest BCUT2D eigenvalue weighted by molar-refractivity contribution is 7.99. The van der Waals surface area contributed by atoms with Crippen molar-refractivity contribution in [3.05, 3.63) is 59.9 Å². The van der Waals surface area contributed by atoms with Crippen molar-refractivity contribution in [2.75, 3.05) is 11.1 Å². The Hall–Kier alpha value is -2.67. The second-order valence-electron chi connectivity index (χ2n) is 5.81. The molecule has 2 heterocycles. The van der Waals surface area contributed by atoms with E-state index < -0.39 is 6.23 Å². The van der Waals surface area contributed by atoms with E-state index in [1.165, 1.54) is 17.8 Å². The zero-order chi connectivity index (χ0) is 17.9. The molecule has 0 aliphatic carbocycles. The third-order valence-corrected chi connectivity index (χ3v) is 5.00. The van der Waals surface area contributed by atoms with Crippen LogP contribution < -0.4 is 10.1 Å². The van der Waals surface area contributed by atoms with Crippen LogP contribution in [0, 0.1) is 5.82 Å². The summed E-state index contributed by atoms with van der Waals surface area (Å²) in [6.45, 7) is 2.09. The monoisotopic (exact) mass is 368 g/mol. The average Bonchev–Trinajstić information content (AvgIpc) is 2.83. The lowest BCUT2D eigenvalue weighted by Crippen LogP contribution is -2.18. The molecule has 7 heteroatoms. The van der Waals surface area contributed by atoms with Gasteiger partial charge in [0.25, 0.3) is 0 Å². The van der Waals surface area contributed by atoms with E-state index in [0.717, 1.165) is 23.4 Å². The number of anilines is 1. The zero-order valence-electron chi connectivity index (χ0n) is 14.1. The van der Waals surface area contributed by atoms with Gasteiger partial charge < -0.3 is 10.1 Å². The Balaban J connectivity index is 1.81. The molecule has 2 aromatic carbocycles. The van der Waals surface area contributed by atoms with Gasteiger partial charge in [-0.25, -0.2) is 4.39 Å². The topological polar surface area (TPSA) is 59.9 Å². The number of nitrogens with one attached hydrogen (secondary N) is 1. The lowest BCUT2D eigenvalue weighted by Gasteiger charge is -2.19. The summed E-state index contributed by atoms with van der Waals surface area (Å²) in [4.78, 5) is 4.52. The second kappa shape index (κ2) is 7.29. The molecule has 1 atom stereocenters. The number of halogens is 1. The number of fused-ring (bicyclic) bond motifs is 3. The van der Waals surface area contributed by atoms with Crippen LogP contribution in [-0.2, 0) is 0 Å². The number of ether oxygens (including phenoxy) is 1. The molecule has 5 nitrogen and oxygen atoms in total. The number of benzene rings is 2. The van der Waals surface area contributed by atoms with Crippen LogP contribution >= 0.6 is 11.8 Å². The van der Waals surface area contributed by atoms with Crippen LogP contribution in [0.25, 0.3) is 11.3 Å². The number of hydrogen-bond donors (Lipinski definition) is 1. The van der Waals surface area contributed by atoms with Gasteiger partial charge in [0.2, 0.25) is 17.3 Å². The molecule has 3 aromatic rings. The first-order chi connectivity index (χ1) is 12.8. The lowest BCUT2D eigenvalue weighted by molar-refractivity contribution is 0.220. The van der Waals surface area contributed by atoms with Crippen LogP contribution in [0.3, 0.4) is 0 Å². The fourth-order valence-corrected chi connectivity index (χ4v) is 3.36. The van der Waals surface area contributed by atoms with Crippen molar-refractivity contribution in [3.8, 4) is 17.1 Å². The number of para-hydroxylation sites is 1. The molecule has 0 spiro atoms. The Morgan fingerprint density at radius 1 is 1.12 bits per heavy atom. The summed E-state index contributed by atoms with van der Waals surface area (Å²) in [5, 5.41) is 12.3. The fourth-order valence-electron chi connectivity index (χ4n) is 2.73. The quantitative estimate of drug-likeness (QED) is 0.675. The minimum atomic E-state index is -0.709. The third-order valence-electron chi connectivity index (χ3n) is 3.96. The number of rotatable bonds is 4. The molecule has 1 aliphatic heterocycles. The molecule has 0 unspecified atom stereocenters. The van der Waals surface area contributed by atoms with Crippen LogP contribution in [0.5, 0.6) is 5.88 Å². The van der Waals surface area contributed by atoms with Crippen LogP contribution in [0.2, 0.25) is 0 Å². The Bertz CT molecular complexity index is 937. The van der Waals surface area contributed by atoms with Crippen LogP contribution in [-0.4, -0.2) is 20.9 Å². The summed E-state index contributed by atoms with van der Waals surface area (Å²) < 4.78 is 20.4. The van der Waals surface area contributed by atoms with Gasteiger partial charge in [-0.1, -0.05) is 55.1 Å². The molecule has 0 saturated carbocycles. The molecular formula is C19H17FN4OS. The first kappa shape index (κ1) is 16.8. The highest BCUT2D eigenvalue weighted by Gasteiger charge is 2.27. The van der Waals surface area contributed by atoms with Crippen molar-refractivity contribution in [2.45, 2.75) is 24.7 Å².